The molecule has 92 valence electrons. The summed E-state index contributed by atoms with van der Waals surface area (Å²) in [6.45, 7) is 4.33. The number of hydrogen-bond donors (Lipinski definition) is 2. The van der Waals surface area contributed by atoms with Gasteiger partial charge in [0.05, 0.1) is 6.54 Å². The Morgan fingerprint density at radius 1 is 1.33 bits per heavy atom. The third-order valence-corrected chi connectivity index (χ3v) is 2.31. The van der Waals surface area contributed by atoms with E-state index >= 15 is 0 Å². The molecule has 6 heteroatoms. The van der Waals surface area contributed by atoms with Crippen LogP contribution in [0.25, 0.3) is 6.08 Å². The van der Waals surface area contributed by atoms with E-state index < -0.39 is 0 Å². The van der Waals surface area contributed by atoms with Crippen LogP contribution in [0.15, 0.2) is 42.2 Å². The highest BCUT2D eigenvalue weighted by molar-refractivity contribution is 5.77. The van der Waals surface area contributed by atoms with Crippen LogP contribution in [-0.4, -0.2) is 20.7 Å². The van der Waals surface area contributed by atoms with Crippen molar-refractivity contribution in [3.05, 3.63) is 48.3 Å². The van der Waals surface area contributed by atoms with E-state index in [1.54, 1.807) is 17.1 Å². The topological polar surface area (TPSA) is 95.1 Å². The lowest BCUT2D eigenvalue weighted by atomic mass is 10.1. The second-order valence-corrected chi connectivity index (χ2v) is 3.72. The van der Waals surface area contributed by atoms with Crippen molar-refractivity contribution >= 4 is 18.0 Å². The molecule has 6 nitrogen and oxygen atoms in total. The predicted molar refractivity (Wildman–Crippen MR) is 71.1 cm³/mol. The Morgan fingerprint density at radius 3 is 2.67 bits per heavy atom. The summed E-state index contributed by atoms with van der Waals surface area (Å²) >= 11 is 0. The average Bonchev–Trinajstić information content (AvgIpc) is 2.76. The summed E-state index contributed by atoms with van der Waals surface area (Å²) in [5, 5.41) is 4.13. The molecule has 0 bridgehead atoms. The Bertz CT molecular complexity index is 563. The fraction of sp³-hybridized carbons (Fsp3) is 0.0833. The van der Waals surface area contributed by atoms with Crippen molar-refractivity contribution in [1.82, 2.24) is 14.8 Å². The van der Waals surface area contributed by atoms with Gasteiger partial charge in [0.1, 0.15) is 6.33 Å². The van der Waals surface area contributed by atoms with Crippen molar-refractivity contribution < 1.29 is 0 Å². The normalized spacial score (nSPS) is 10.0. The first-order chi connectivity index (χ1) is 8.67. The van der Waals surface area contributed by atoms with Gasteiger partial charge in [0, 0.05) is 0 Å². The van der Waals surface area contributed by atoms with Gasteiger partial charge in [-0.3, -0.25) is 0 Å². The first-order valence-corrected chi connectivity index (χ1v) is 5.38. The van der Waals surface area contributed by atoms with Gasteiger partial charge in [-0.25, -0.2) is 4.68 Å². The zero-order chi connectivity index (χ0) is 13.0. The van der Waals surface area contributed by atoms with Gasteiger partial charge in [-0.1, -0.05) is 36.9 Å². The van der Waals surface area contributed by atoms with Crippen molar-refractivity contribution in [3.8, 4) is 0 Å². The summed E-state index contributed by atoms with van der Waals surface area (Å²) in [7, 11) is 0. The minimum Gasteiger partial charge on any atom is -0.370 e. The van der Waals surface area contributed by atoms with E-state index in [1.165, 1.54) is 0 Å². The molecule has 2 aromatic rings. The highest BCUT2D eigenvalue weighted by Gasteiger charge is 2.00. The lowest BCUT2D eigenvalue weighted by Gasteiger charge is -2.01. The van der Waals surface area contributed by atoms with E-state index in [9.17, 15) is 0 Å². The number of benzene rings is 1. The largest absolute Gasteiger partial charge is 0.370 e. The molecule has 0 aliphatic carbocycles. The monoisotopic (exact) mass is 242 g/mol. The maximum Gasteiger partial charge on any atom is 0.271 e. The number of nitrogens with two attached hydrogens (primary N) is 2. The molecule has 0 aliphatic rings. The molecule has 1 heterocycles. The number of rotatable bonds is 4. The van der Waals surface area contributed by atoms with Gasteiger partial charge >= 0.3 is 0 Å². The summed E-state index contributed by atoms with van der Waals surface area (Å²) in [4.78, 5) is 7.74. The molecular formula is C12H14N6. The molecule has 0 atom stereocenters. The quantitative estimate of drug-likeness (QED) is 0.614. The van der Waals surface area contributed by atoms with Gasteiger partial charge in [-0.05, 0) is 11.1 Å². The molecule has 0 amide bonds. The van der Waals surface area contributed by atoms with Gasteiger partial charge in [-0.2, -0.15) is 9.98 Å². The summed E-state index contributed by atoms with van der Waals surface area (Å²) < 4.78 is 1.67. The zero-order valence-electron chi connectivity index (χ0n) is 9.82. The fourth-order valence-corrected chi connectivity index (χ4v) is 1.47. The van der Waals surface area contributed by atoms with Crippen LogP contribution >= 0.6 is 0 Å². The van der Waals surface area contributed by atoms with E-state index in [1.807, 2.05) is 24.3 Å². The van der Waals surface area contributed by atoms with Crippen LogP contribution in [0.3, 0.4) is 0 Å². The third kappa shape index (κ3) is 2.94. The molecule has 0 unspecified atom stereocenters. The van der Waals surface area contributed by atoms with Crippen molar-refractivity contribution in [1.29, 1.82) is 0 Å². The minimum absolute atomic E-state index is 0.0527. The van der Waals surface area contributed by atoms with Crippen LogP contribution in [0.2, 0.25) is 0 Å². The Kier molecular flexibility index (Phi) is 3.38. The number of nitrogens with zero attached hydrogens (tertiary/aromatic N) is 4. The van der Waals surface area contributed by atoms with E-state index in [-0.39, 0.29) is 11.9 Å². The summed E-state index contributed by atoms with van der Waals surface area (Å²) in [6.07, 6.45) is 3.39. The standard InChI is InChI=1S/C12H14N6/c1-2-9-3-5-10(6-4-9)7-18-8-15-12(17-18)16-11(13)14/h2-6,8H,1,7H2,(H4,13,14,16,17). The second-order valence-electron chi connectivity index (χ2n) is 3.72. The molecule has 0 radical (unpaired) electrons. The molecule has 0 saturated heterocycles. The van der Waals surface area contributed by atoms with Crippen LogP contribution in [-0.2, 0) is 6.54 Å². The average molecular weight is 242 g/mol. The summed E-state index contributed by atoms with van der Waals surface area (Å²) in [5.74, 6) is 0.209. The first-order valence-electron chi connectivity index (χ1n) is 5.38. The number of aliphatic imine (C=N–C) groups is 1. The van der Waals surface area contributed by atoms with Crippen LogP contribution in [0, 0.1) is 0 Å². The van der Waals surface area contributed by atoms with Crippen LogP contribution < -0.4 is 11.5 Å². The summed E-state index contributed by atoms with van der Waals surface area (Å²) in [6, 6.07) is 8.02. The SMILES string of the molecule is C=Cc1ccc(Cn2cnc(N=C(N)N)n2)cc1. The van der Waals surface area contributed by atoms with Gasteiger partial charge in [0.2, 0.25) is 0 Å². The molecule has 0 spiro atoms. The fourth-order valence-electron chi connectivity index (χ4n) is 1.47. The number of aromatic nitrogens is 3. The number of hydrogen-bond acceptors (Lipinski definition) is 3. The Hall–Kier alpha value is -2.63. The van der Waals surface area contributed by atoms with Crippen molar-refractivity contribution in [2.24, 2.45) is 16.5 Å². The number of guanidine groups is 1. The van der Waals surface area contributed by atoms with E-state index in [4.69, 9.17) is 11.5 Å². The maximum atomic E-state index is 5.25. The summed E-state index contributed by atoms with van der Waals surface area (Å²) in [5.41, 5.74) is 12.7. The molecule has 1 aromatic carbocycles. The smallest absolute Gasteiger partial charge is 0.271 e. The molecular weight excluding hydrogens is 228 g/mol. The highest BCUT2D eigenvalue weighted by atomic mass is 15.4. The van der Waals surface area contributed by atoms with Crippen molar-refractivity contribution in [2.75, 3.05) is 0 Å². The first kappa shape index (κ1) is 11.8. The van der Waals surface area contributed by atoms with Crippen LogP contribution in [0.1, 0.15) is 11.1 Å². The van der Waals surface area contributed by atoms with Gasteiger partial charge in [-0.15, -0.1) is 5.10 Å². The molecule has 0 saturated carbocycles. The molecule has 0 aliphatic heterocycles. The van der Waals surface area contributed by atoms with E-state index in [0.29, 0.717) is 6.54 Å². The maximum absolute atomic E-state index is 5.25. The Balaban J connectivity index is 2.11. The molecule has 2 rings (SSSR count). The Morgan fingerprint density at radius 2 is 2.06 bits per heavy atom. The van der Waals surface area contributed by atoms with Crippen LogP contribution in [0.4, 0.5) is 5.95 Å². The third-order valence-electron chi connectivity index (χ3n) is 2.31. The van der Waals surface area contributed by atoms with Gasteiger partial charge < -0.3 is 11.5 Å². The molecule has 4 N–H and O–H groups in total. The van der Waals surface area contributed by atoms with Crippen molar-refractivity contribution in [2.45, 2.75) is 6.54 Å². The van der Waals surface area contributed by atoms with Crippen LogP contribution in [0.5, 0.6) is 0 Å². The Labute approximate surface area is 105 Å². The molecule has 1 aromatic heterocycles. The second kappa shape index (κ2) is 5.13. The van der Waals surface area contributed by atoms with Gasteiger partial charge in [0.15, 0.2) is 5.96 Å². The minimum atomic E-state index is -0.0527. The lowest BCUT2D eigenvalue weighted by molar-refractivity contribution is 0.686. The van der Waals surface area contributed by atoms with Crippen molar-refractivity contribution in [3.63, 3.8) is 0 Å². The van der Waals surface area contributed by atoms with E-state index in [2.05, 4.69) is 21.7 Å². The predicted octanol–water partition coefficient (Wildman–Crippen LogP) is 0.874. The van der Waals surface area contributed by atoms with E-state index in [0.717, 1.165) is 11.1 Å². The molecule has 0 fully saturated rings. The highest BCUT2D eigenvalue weighted by Crippen LogP contribution is 2.08. The lowest BCUT2D eigenvalue weighted by Crippen LogP contribution is -2.22. The zero-order valence-corrected chi connectivity index (χ0v) is 9.82. The molecule has 18 heavy (non-hydrogen) atoms. The van der Waals surface area contributed by atoms with Gasteiger partial charge in [0.25, 0.3) is 5.95 Å².